The Morgan fingerprint density at radius 2 is 2.29 bits per heavy atom. The number of fused-ring (bicyclic) bond motifs is 1. The number of thioether (sulfide) groups is 1. The Morgan fingerprint density at radius 3 is 3.10 bits per heavy atom. The van der Waals surface area contributed by atoms with E-state index < -0.39 is 0 Å². The van der Waals surface area contributed by atoms with E-state index in [2.05, 4.69) is 20.0 Å². The fourth-order valence-corrected chi connectivity index (χ4v) is 3.24. The van der Waals surface area contributed by atoms with Gasteiger partial charge in [0.1, 0.15) is 16.2 Å². The highest BCUT2D eigenvalue weighted by Crippen LogP contribution is 2.27. The molecule has 0 bridgehead atoms. The number of nitrogens with zero attached hydrogens (tertiary/aromatic N) is 2. The lowest BCUT2D eigenvalue weighted by Gasteiger charge is -2.05. The fourth-order valence-electron chi connectivity index (χ4n) is 1.63. The maximum Gasteiger partial charge on any atom is 0.305 e. The number of esters is 1. The van der Waals surface area contributed by atoms with E-state index in [-0.39, 0.29) is 11.9 Å². The van der Waals surface area contributed by atoms with Crippen LogP contribution in [0.15, 0.2) is 22.8 Å². The van der Waals surface area contributed by atoms with Crippen molar-refractivity contribution in [3.63, 3.8) is 0 Å². The number of amides is 1. The van der Waals surface area contributed by atoms with Gasteiger partial charge in [0.2, 0.25) is 5.91 Å². The summed E-state index contributed by atoms with van der Waals surface area (Å²) in [4.78, 5) is 31.9. The molecule has 0 atom stereocenters. The van der Waals surface area contributed by atoms with E-state index in [1.54, 1.807) is 11.3 Å². The molecule has 0 aromatic carbocycles. The number of ether oxygens (including phenoxy) is 1. The predicted molar refractivity (Wildman–Crippen MR) is 82.4 cm³/mol. The van der Waals surface area contributed by atoms with Crippen molar-refractivity contribution in [3.05, 3.63) is 17.8 Å². The minimum absolute atomic E-state index is 0.0770. The highest BCUT2D eigenvalue weighted by atomic mass is 32.2. The Morgan fingerprint density at radius 1 is 1.43 bits per heavy atom. The van der Waals surface area contributed by atoms with Crippen LogP contribution in [0.3, 0.4) is 0 Å². The van der Waals surface area contributed by atoms with Crippen LogP contribution in [0.25, 0.3) is 10.2 Å². The van der Waals surface area contributed by atoms with Crippen molar-refractivity contribution in [2.75, 3.05) is 19.4 Å². The smallest absolute Gasteiger partial charge is 0.305 e. The summed E-state index contributed by atoms with van der Waals surface area (Å²) in [5, 5.41) is 6.51. The van der Waals surface area contributed by atoms with Crippen molar-refractivity contribution in [1.82, 2.24) is 15.3 Å². The zero-order chi connectivity index (χ0) is 15.1. The van der Waals surface area contributed by atoms with Gasteiger partial charge in [-0.15, -0.1) is 11.3 Å². The second-order valence-corrected chi connectivity index (χ2v) is 6.00. The fraction of sp³-hybridized carbons (Fsp3) is 0.385. The first-order chi connectivity index (χ1) is 10.2. The van der Waals surface area contributed by atoms with Crippen molar-refractivity contribution < 1.29 is 14.3 Å². The van der Waals surface area contributed by atoms with Crippen LogP contribution in [-0.2, 0) is 14.3 Å². The van der Waals surface area contributed by atoms with Gasteiger partial charge < -0.3 is 10.1 Å². The molecule has 112 valence electrons. The van der Waals surface area contributed by atoms with E-state index in [0.29, 0.717) is 25.1 Å². The number of methoxy groups -OCH3 is 1. The van der Waals surface area contributed by atoms with E-state index in [1.165, 1.54) is 25.2 Å². The molecule has 0 unspecified atom stereocenters. The summed E-state index contributed by atoms with van der Waals surface area (Å²) < 4.78 is 4.53. The van der Waals surface area contributed by atoms with Gasteiger partial charge in [0.25, 0.3) is 0 Å². The van der Waals surface area contributed by atoms with Crippen LogP contribution in [0.4, 0.5) is 0 Å². The number of carbonyl (C=O) groups is 2. The molecule has 0 aliphatic rings. The number of hydrogen-bond acceptors (Lipinski definition) is 7. The predicted octanol–water partition coefficient (Wildman–Crippen LogP) is 1.85. The highest BCUT2D eigenvalue weighted by molar-refractivity contribution is 8.00. The van der Waals surface area contributed by atoms with Crippen molar-refractivity contribution in [3.8, 4) is 0 Å². The van der Waals surface area contributed by atoms with Gasteiger partial charge in [0, 0.05) is 18.4 Å². The largest absolute Gasteiger partial charge is 0.469 e. The topological polar surface area (TPSA) is 81.2 Å². The Bertz CT molecular complexity index is 630. The quantitative estimate of drug-likeness (QED) is 0.362. The van der Waals surface area contributed by atoms with Crippen LogP contribution < -0.4 is 5.32 Å². The van der Waals surface area contributed by atoms with E-state index in [0.717, 1.165) is 15.2 Å². The molecule has 21 heavy (non-hydrogen) atoms. The van der Waals surface area contributed by atoms with Crippen molar-refractivity contribution in [2.24, 2.45) is 0 Å². The first kappa shape index (κ1) is 15.7. The van der Waals surface area contributed by atoms with Gasteiger partial charge in [-0.05, 0) is 17.9 Å². The minimum atomic E-state index is -0.264. The Kier molecular flexibility index (Phi) is 5.94. The van der Waals surface area contributed by atoms with Gasteiger partial charge >= 0.3 is 5.97 Å². The van der Waals surface area contributed by atoms with E-state index >= 15 is 0 Å². The van der Waals surface area contributed by atoms with E-state index in [9.17, 15) is 9.59 Å². The summed E-state index contributed by atoms with van der Waals surface area (Å²) in [5.41, 5.74) is 0. The standard InChI is InChI=1S/C13H15N3O3S2/c1-19-11(18)3-2-5-14-10(17)7-21-13-9-4-6-20-12(9)15-8-16-13/h4,6,8H,2-3,5,7H2,1H3,(H,14,17). The molecular weight excluding hydrogens is 310 g/mol. The summed E-state index contributed by atoms with van der Waals surface area (Å²) in [6.07, 6.45) is 2.39. The third-order valence-corrected chi connectivity index (χ3v) is 4.50. The Hall–Kier alpha value is -1.67. The number of thiophene rings is 1. The third-order valence-electron chi connectivity index (χ3n) is 2.67. The number of carbonyl (C=O) groups excluding carboxylic acids is 2. The average Bonchev–Trinajstić information content (AvgIpc) is 2.98. The summed E-state index contributed by atoms with van der Waals surface area (Å²) in [5.74, 6) is -0.0495. The molecule has 0 radical (unpaired) electrons. The van der Waals surface area contributed by atoms with Gasteiger partial charge in [-0.3, -0.25) is 9.59 Å². The first-order valence-electron chi connectivity index (χ1n) is 6.35. The molecule has 0 aliphatic heterocycles. The molecule has 1 amide bonds. The van der Waals surface area contributed by atoms with Crippen molar-refractivity contribution in [2.45, 2.75) is 17.9 Å². The lowest BCUT2D eigenvalue weighted by Crippen LogP contribution is -2.26. The van der Waals surface area contributed by atoms with Crippen LogP contribution in [0.5, 0.6) is 0 Å². The molecule has 1 N–H and O–H groups in total. The molecule has 0 aliphatic carbocycles. The second kappa shape index (κ2) is 7.94. The molecule has 0 fully saturated rings. The molecule has 0 saturated carbocycles. The van der Waals surface area contributed by atoms with Gasteiger partial charge in [0.05, 0.1) is 12.9 Å². The summed E-state index contributed by atoms with van der Waals surface area (Å²) in [6.45, 7) is 0.464. The molecule has 8 heteroatoms. The third kappa shape index (κ3) is 4.68. The van der Waals surface area contributed by atoms with Crippen LogP contribution >= 0.6 is 23.1 Å². The minimum Gasteiger partial charge on any atom is -0.469 e. The summed E-state index contributed by atoms with van der Waals surface area (Å²) >= 11 is 2.93. The van der Waals surface area contributed by atoms with Gasteiger partial charge in [-0.25, -0.2) is 9.97 Å². The lowest BCUT2D eigenvalue weighted by atomic mass is 10.3. The number of rotatable bonds is 7. The van der Waals surface area contributed by atoms with E-state index in [4.69, 9.17) is 0 Å². The van der Waals surface area contributed by atoms with Crippen LogP contribution in [0, 0.1) is 0 Å². The maximum atomic E-state index is 11.7. The normalized spacial score (nSPS) is 10.5. The molecule has 0 saturated heterocycles. The highest BCUT2D eigenvalue weighted by Gasteiger charge is 2.08. The zero-order valence-electron chi connectivity index (χ0n) is 11.5. The molecule has 6 nitrogen and oxygen atoms in total. The zero-order valence-corrected chi connectivity index (χ0v) is 13.1. The Balaban J connectivity index is 1.74. The second-order valence-electron chi connectivity index (χ2n) is 4.14. The monoisotopic (exact) mass is 325 g/mol. The van der Waals surface area contributed by atoms with Gasteiger partial charge in [-0.2, -0.15) is 0 Å². The first-order valence-corrected chi connectivity index (χ1v) is 8.21. The van der Waals surface area contributed by atoms with E-state index in [1.807, 2.05) is 11.4 Å². The molecular formula is C13H15N3O3S2. The molecule has 2 aromatic heterocycles. The molecule has 2 heterocycles. The van der Waals surface area contributed by atoms with Gasteiger partial charge in [0.15, 0.2) is 0 Å². The van der Waals surface area contributed by atoms with Crippen LogP contribution in [0.2, 0.25) is 0 Å². The maximum absolute atomic E-state index is 11.7. The number of aromatic nitrogens is 2. The summed E-state index contributed by atoms with van der Waals surface area (Å²) in [6, 6.07) is 1.95. The number of hydrogen-bond donors (Lipinski definition) is 1. The van der Waals surface area contributed by atoms with Crippen LogP contribution in [0.1, 0.15) is 12.8 Å². The molecule has 0 spiro atoms. The summed E-state index contributed by atoms with van der Waals surface area (Å²) in [7, 11) is 1.35. The Labute approximate surface area is 130 Å². The van der Waals surface area contributed by atoms with Crippen molar-refractivity contribution in [1.29, 1.82) is 0 Å². The van der Waals surface area contributed by atoms with Gasteiger partial charge in [-0.1, -0.05) is 11.8 Å². The van der Waals surface area contributed by atoms with Crippen molar-refractivity contribution >= 4 is 45.2 Å². The SMILES string of the molecule is COC(=O)CCCNC(=O)CSc1ncnc2sccc12. The molecule has 2 rings (SSSR count). The molecule has 2 aromatic rings. The lowest BCUT2D eigenvalue weighted by molar-refractivity contribution is -0.140. The number of nitrogens with one attached hydrogen (secondary N) is 1. The average molecular weight is 325 g/mol. The van der Waals surface area contributed by atoms with Crippen LogP contribution in [-0.4, -0.2) is 41.3 Å².